The highest BCUT2D eigenvalue weighted by molar-refractivity contribution is 6.03. The van der Waals surface area contributed by atoms with Gasteiger partial charge in [-0.1, -0.05) is 13.0 Å². The Kier molecular flexibility index (Phi) is 6.86. The summed E-state index contributed by atoms with van der Waals surface area (Å²) >= 11 is 0. The third-order valence-electron chi connectivity index (χ3n) is 8.47. The highest BCUT2D eigenvalue weighted by atomic mass is 19.1. The first-order valence-corrected chi connectivity index (χ1v) is 13.9. The summed E-state index contributed by atoms with van der Waals surface area (Å²) in [5, 5.41) is 0. The smallest absolute Gasteiger partial charge is 0.212 e. The molecule has 0 N–H and O–H groups in total. The second kappa shape index (κ2) is 10.5. The predicted octanol–water partition coefficient (Wildman–Crippen LogP) is 6.40. The lowest BCUT2D eigenvalue weighted by Gasteiger charge is -2.40. The summed E-state index contributed by atoms with van der Waals surface area (Å²) in [4.78, 5) is 21.1. The number of aromatic nitrogens is 3. The number of nitrogens with zero attached hydrogens (tertiary/aromatic N) is 5. The van der Waals surface area contributed by atoms with Crippen molar-refractivity contribution >= 4 is 28.8 Å². The fourth-order valence-corrected chi connectivity index (χ4v) is 5.97. The first kappa shape index (κ1) is 26.2. The molecule has 0 spiro atoms. The molecular weight excluding hydrogens is 505 g/mol. The zero-order valence-corrected chi connectivity index (χ0v) is 23.5. The van der Waals surface area contributed by atoms with E-state index in [9.17, 15) is 4.39 Å². The van der Waals surface area contributed by atoms with Crippen LogP contribution in [0.5, 0.6) is 11.6 Å². The van der Waals surface area contributed by atoms with Crippen molar-refractivity contribution in [2.45, 2.75) is 46.5 Å². The van der Waals surface area contributed by atoms with Crippen LogP contribution in [0.3, 0.4) is 0 Å². The number of aliphatic imine (C=N–C) groups is 1. The van der Waals surface area contributed by atoms with Crippen LogP contribution in [0.4, 0.5) is 10.2 Å². The van der Waals surface area contributed by atoms with Gasteiger partial charge in [0.25, 0.3) is 0 Å². The summed E-state index contributed by atoms with van der Waals surface area (Å²) < 4.78 is 25.2. The van der Waals surface area contributed by atoms with E-state index >= 15 is 0 Å². The summed E-state index contributed by atoms with van der Waals surface area (Å²) in [6, 6.07) is 9.16. The molecule has 0 amide bonds. The average molecular weight is 540 g/mol. The van der Waals surface area contributed by atoms with E-state index in [-0.39, 0.29) is 11.2 Å². The van der Waals surface area contributed by atoms with Gasteiger partial charge >= 0.3 is 0 Å². The molecule has 1 aliphatic carbocycles. The number of allylic oxidation sites excluding steroid dienone is 3. The molecular formula is C32H34FN5O2. The number of fused-ring (bicyclic) bond motifs is 1. The molecule has 8 heteroatoms. The third-order valence-corrected chi connectivity index (χ3v) is 8.47. The number of ether oxygens (including phenoxy) is 2. The summed E-state index contributed by atoms with van der Waals surface area (Å²) in [5.41, 5.74) is 8.54. The number of rotatable bonds is 7. The lowest BCUT2D eigenvalue weighted by atomic mass is 9.74. The first-order chi connectivity index (χ1) is 19.4. The van der Waals surface area contributed by atoms with Crippen LogP contribution in [0.25, 0.3) is 17.2 Å². The van der Waals surface area contributed by atoms with Gasteiger partial charge in [0.15, 0.2) is 11.6 Å². The van der Waals surface area contributed by atoms with Crippen molar-refractivity contribution in [1.82, 2.24) is 15.0 Å². The molecule has 0 bridgehead atoms. The van der Waals surface area contributed by atoms with Gasteiger partial charge in [-0.15, -0.1) is 0 Å². The van der Waals surface area contributed by atoms with Gasteiger partial charge in [0.1, 0.15) is 12.1 Å². The van der Waals surface area contributed by atoms with E-state index in [4.69, 9.17) is 19.5 Å². The molecule has 0 unspecified atom stereocenters. The van der Waals surface area contributed by atoms with Crippen LogP contribution in [-0.4, -0.2) is 47.5 Å². The summed E-state index contributed by atoms with van der Waals surface area (Å²) in [6.07, 6.45) is 9.20. The number of hydrogen-bond acceptors (Lipinski definition) is 7. The summed E-state index contributed by atoms with van der Waals surface area (Å²) in [7, 11) is 1.62. The zero-order chi connectivity index (χ0) is 27.9. The predicted molar refractivity (Wildman–Crippen MR) is 156 cm³/mol. The van der Waals surface area contributed by atoms with Crippen molar-refractivity contribution in [3.63, 3.8) is 0 Å². The van der Waals surface area contributed by atoms with E-state index in [1.54, 1.807) is 25.6 Å². The number of methoxy groups -OCH3 is 1. The van der Waals surface area contributed by atoms with Crippen molar-refractivity contribution in [2.24, 2.45) is 10.4 Å². The minimum Gasteiger partial charge on any atom is -0.491 e. The number of pyridine rings is 1. The molecule has 40 heavy (non-hydrogen) atoms. The second-order valence-electron chi connectivity index (χ2n) is 10.9. The van der Waals surface area contributed by atoms with Crippen LogP contribution in [-0.2, 0) is 6.42 Å². The maximum Gasteiger partial charge on any atom is 0.212 e. The molecule has 206 valence electrons. The van der Waals surface area contributed by atoms with Gasteiger partial charge in [0, 0.05) is 60.6 Å². The number of hydrogen-bond donors (Lipinski definition) is 0. The average Bonchev–Trinajstić information content (AvgIpc) is 3.59. The van der Waals surface area contributed by atoms with Crippen molar-refractivity contribution in [3.05, 3.63) is 76.8 Å². The molecule has 0 saturated carbocycles. The highest BCUT2D eigenvalue weighted by Crippen LogP contribution is 2.43. The quantitative estimate of drug-likeness (QED) is 0.346. The number of halogens is 1. The van der Waals surface area contributed by atoms with Gasteiger partial charge in [-0.25, -0.2) is 19.3 Å². The molecule has 2 aliphatic heterocycles. The Morgan fingerprint density at radius 2 is 1.82 bits per heavy atom. The van der Waals surface area contributed by atoms with E-state index in [1.165, 1.54) is 11.3 Å². The Balaban J connectivity index is 1.15. The third kappa shape index (κ3) is 4.76. The Labute approximate surface area is 234 Å². The minimum absolute atomic E-state index is 0.0186. The van der Waals surface area contributed by atoms with Gasteiger partial charge in [0.2, 0.25) is 5.88 Å². The van der Waals surface area contributed by atoms with Crippen LogP contribution in [0.1, 0.15) is 62.4 Å². The van der Waals surface area contributed by atoms with Crippen LogP contribution in [0.2, 0.25) is 0 Å². The summed E-state index contributed by atoms with van der Waals surface area (Å²) in [5.74, 6) is 1.57. The topological polar surface area (TPSA) is 72.7 Å². The molecule has 3 aliphatic rings. The molecule has 7 nitrogen and oxygen atoms in total. The molecule has 2 aromatic heterocycles. The van der Waals surface area contributed by atoms with Crippen molar-refractivity contribution in [1.29, 1.82) is 0 Å². The van der Waals surface area contributed by atoms with Crippen molar-refractivity contribution in [3.8, 4) is 11.6 Å². The molecule has 1 saturated heterocycles. The van der Waals surface area contributed by atoms with Gasteiger partial charge in [0.05, 0.1) is 19.4 Å². The fourth-order valence-electron chi connectivity index (χ4n) is 5.97. The monoisotopic (exact) mass is 539 g/mol. The van der Waals surface area contributed by atoms with Crippen LogP contribution in [0.15, 0.2) is 53.5 Å². The Hall–Kier alpha value is -4.07. The van der Waals surface area contributed by atoms with E-state index in [1.807, 2.05) is 38.2 Å². The molecule has 6 rings (SSSR count). The number of piperidine rings is 1. The maximum absolute atomic E-state index is 14.6. The Morgan fingerprint density at radius 3 is 2.52 bits per heavy atom. The highest BCUT2D eigenvalue weighted by Gasteiger charge is 2.38. The largest absolute Gasteiger partial charge is 0.491 e. The van der Waals surface area contributed by atoms with Gasteiger partial charge in [-0.3, -0.25) is 4.99 Å². The first-order valence-electron chi connectivity index (χ1n) is 13.9. The lowest BCUT2D eigenvalue weighted by molar-refractivity contribution is 0.321. The zero-order valence-electron chi connectivity index (χ0n) is 23.5. The van der Waals surface area contributed by atoms with Crippen LogP contribution >= 0.6 is 0 Å². The van der Waals surface area contributed by atoms with Gasteiger partial charge in [-0.2, -0.15) is 0 Å². The fraction of sp³-hybridized carbons (Fsp3) is 0.375. The second-order valence-corrected chi connectivity index (χ2v) is 10.9. The minimum atomic E-state index is -0.328. The van der Waals surface area contributed by atoms with Crippen LogP contribution in [0, 0.1) is 11.2 Å². The van der Waals surface area contributed by atoms with Crippen molar-refractivity contribution in [2.75, 3.05) is 31.7 Å². The Morgan fingerprint density at radius 1 is 1.02 bits per heavy atom. The van der Waals surface area contributed by atoms with E-state index in [0.717, 1.165) is 78.2 Å². The molecule has 1 fully saturated rings. The molecule has 4 heterocycles. The van der Waals surface area contributed by atoms with E-state index in [2.05, 4.69) is 27.9 Å². The van der Waals surface area contributed by atoms with Crippen molar-refractivity contribution < 1.29 is 13.9 Å². The maximum atomic E-state index is 14.6. The van der Waals surface area contributed by atoms with Gasteiger partial charge in [-0.05, 0) is 73.2 Å². The standard InChI is InChI=1S/C32H34FN5O2/c1-5-40-28-8-6-21(15-26(28)33)24-17-29(37-20(24)2)32(3)10-12-38(13-11-32)31-25-14-23(16-27(25)35-19-36-31)22-7-9-30(39-4)34-18-22/h6-9,14-15,18-19H,5,10-13,16-17H2,1-4H3. The number of benzene rings is 1. The van der Waals surface area contributed by atoms with E-state index in [0.29, 0.717) is 18.2 Å². The number of anilines is 1. The molecule has 3 aromatic rings. The van der Waals surface area contributed by atoms with E-state index < -0.39 is 0 Å². The molecule has 1 aromatic carbocycles. The Bertz CT molecular complexity index is 1540. The summed E-state index contributed by atoms with van der Waals surface area (Å²) in [6.45, 7) is 8.42. The SMILES string of the molecule is CCOc1ccc(C2=C(C)N=C(C3(C)CCN(c4ncnc5c4C=C(c4ccc(OC)nc4)C5)CC3)C2)cc1F. The lowest BCUT2D eigenvalue weighted by Crippen LogP contribution is -2.43. The van der Waals surface area contributed by atoms with Crippen LogP contribution < -0.4 is 14.4 Å². The normalized spacial score (nSPS) is 18.0. The molecule has 0 radical (unpaired) electrons. The molecule has 0 atom stereocenters. The van der Waals surface area contributed by atoms with Gasteiger partial charge < -0.3 is 14.4 Å².